The first kappa shape index (κ1) is 12.4. The Bertz CT molecular complexity index is 402. The monoisotopic (exact) mass is 223 g/mol. The molecule has 0 N–H and O–H groups in total. The molecular weight excluding hydrogens is 209 g/mol. The number of carbonyl (C=O) groups excluding carboxylic acids is 1. The van der Waals surface area contributed by atoms with Gasteiger partial charge in [0.1, 0.15) is 5.82 Å². The summed E-state index contributed by atoms with van der Waals surface area (Å²) in [7, 11) is 0. The van der Waals surface area contributed by atoms with Crippen molar-refractivity contribution in [3.8, 4) is 0 Å². The zero-order valence-electron chi connectivity index (χ0n) is 9.37. The van der Waals surface area contributed by atoms with Crippen molar-refractivity contribution in [3.63, 3.8) is 0 Å². The van der Waals surface area contributed by atoms with E-state index in [4.69, 9.17) is 4.74 Å². The molecule has 0 fully saturated rings. The van der Waals surface area contributed by atoms with Gasteiger partial charge in [0, 0.05) is 5.71 Å². The fraction of sp³-hybridized carbons (Fsp3) is 0.333. The van der Waals surface area contributed by atoms with Gasteiger partial charge in [-0.25, -0.2) is 4.39 Å². The lowest BCUT2D eigenvalue weighted by atomic mass is 10.2. The van der Waals surface area contributed by atoms with E-state index in [9.17, 15) is 9.18 Å². The van der Waals surface area contributed by atoms with Crippen LogP contribution in [0, 0.1) is 5.82 Å². The largest absolute Gasteiger partial charge is 0.466 e. The predicted octanol–water partition coefficient (Wildman–Crippen LogP) is 2.87. The number of benzene rings is 1. The van der Waals surface area contributed by atoms with E-state index in [1.807, 2.05) is 0 Å². The number of halogens is 1. The molecule has 1 rings (SSSR count). The molecule has 0 saturated heterocycles. The maximum atomic E-state index is 13.2. The molecule has 1 aromatic rings. The smallest absolute Gasteiger partial charge is 0.311 e. The molecule has 0 aromatic heterocycles. The van der Waals surface area contributed by atoms with Crippen LogP contribution in [0.25, 0.3) is 0 Å². The Kier molecular flexibility index (Phi) is 4.64. The fourth-order valence-corrected chi connectivity index (χ4v) is 1.21. The number of hydrogen-bond acceptors (Lipinski definition) is 3. The molecule has 3 nitrogen and oxygen atoms in total. The highest BCUT2D eigenvalue weighted by Crippen LogP contribution is 2.16. The van der Waals surface area contributed by atoms with Gasteiger partial charge in [0.15, 0.2) is 0 Å². The third-order valence-corrected chi connectivity index (χ3v) is 1.87. The zero-order chi connectivity index (χ0) is 12.0. The van der Waals surface area contributed by atoms with Crippen molar-refractivity contribution in [1.82, 2.24) is 0 Å². The quantitative estimate of drug-likeness (QED) is 0.581. The van der Waals surface area contributed by atoms with Crippen LogP contribution >= 0.6 is 0 Å². The molecule has 16 heavy (non-hydrogen) atoms. The van der Waals surface area contributed by atoms with E-state index in [0.717, 1.165) is 0 Å². The number of carbonyl (C=O) groups is 1. The van der Waals surface area contributed by atoms with E-state index < -0.39 is 5.82 Å². The second kappa shape index (κ2) is 6.00. The minimum absolute atomic E-state index is 0.0855. The highest BCUT2D eigenvalue weighted by molar-refractivity contribution is 5.98. The van der Waals surface area contributed by atoms with Crippen LogP contribution in [-0.4, -0.2) is 18.3 Å². The molecule has 0 aliphatic rings. The number of rotatable bonds is 4. The average Bonchev–Trinajstić information content (AvgIpc) is 2.21. The van der Waals surface area contributed by atoms with Crippen LogP contribution in [0.15, 0.2) is 29.3 Å². The van der Waals surface area contributed by atoms with Crippen LogP contribution in [0.3, 0.4) is 0 Å². The molecule has 0 amide bonds. The molecule has 0 unspecified atom stereocenters. The Morgan fingerprint density at radius 3 is 2.75 bits per heavy atom. The molecule has 4 heteroatoms. The summed E-state index contributed by atoms with van der Waals surface area (Å²) >= 11 is 0. The van der Waals surface area contributed by atoms with E-state index in [1.165, 1.54) is 6.07 Å². The first-order chi connectivity index (χ1) is 7.63. The first-order valence-corrected chi connectivity index (χ1v) is 5.07. The molecule has 0 bridgehead atoms. The normalized spacial score (nSPS) is 11.3. The Hall–Kier alpha value is -1.71. The van der Waals surface area contributed by atoms with Crippen LogP contribution in [0.5, 0.6) is 0 Å². The Morgan fingerprint density at radius 2 is 2.12 bits per heavy atom. The van der Waals surface area contributed by atoms with Crippen LogP contribution in [0.1, 0.15) is 20.3 Å². The number of nitrogens with zero attached hydrogens (tertiary/aromatic N) is 1. The van der Waals surface area contributed by atoms with E-state index in [-0.39, 0.29) is 18.1 Å². The van der Waals surface area contributed by atoms with E-state index in [1.54, 1.807) is 32.0 Å². The standard InChI is InChI=1S/C12H14FNO2/c1-3-16-12(15)8-9(2)14-11-7-5-4-6-10(11)13/h4-7H,3,8H2,1-2H3. The van der Waals surface area contributed by atoms with Gasteiger partial charge in [-0.2, -0.15) is 0 Å². The minimum Gasteiger partial charge on any atom is -0.466 e. The number of hydrogen-bond donors (Lipinski definition) is 0. The average molecular weight is 223 g/mol. The summed E-state index contributed by atoms with van der Waals surface area (Å²) < 4.78 is 18.0. The van der Waals surface area contributed by atoms with Crippen LogP contribution in [0.4, 0.5) is 10.1 Å². The number of para-hydroxylation sites is 1. The Morgan fingerprint density at radius 1 is 1.44 bits per heavy atom. The van der Waals surface area contributed by atoms with Crippen molar-refractivity contribution in [2.75, 3.05) is 6.61 Å². The van der Waals surface area contributed by atoms with Crippen molar-refractivity contribution in [1.29, 1.82) is 0 Å². The third-order valence-electron chi connectivity index (χ3n) is 1.87. The van der Waals surface area contributed by atoms with Gasteiger partial charge in [-0.3, -0.25) is 9.79 Å². The van der Waals surface area contributed by atoms with Crippen LogP contribution < -0.4 is 0 Å². The molecule has 1 aromatic carbocycles. The van der Waals surface area contributed by atoms with Gasteiger partial charge in [0.25, 0.3) is 0 Å². The predicted molar refractivity (Wildman–Crippen MR) is 60.4 cm³/mol. The first-order valence-electron chi connectivity index (χ1n) is 5.07. The molecule has 0 aliphatic carbocycles. The minimum atomic E-state index is -0.397. The molecular formula is C12H14FNO2. The summed E-state index contributed by atoms with van der Waals surface area (Å²) in [4.78, 5) is 15.2. The molecule has 0 radical (unpaired) electrons. The van der Waals surface area contributed by atoms with E-state index in [0.29, 0.717) is 12.3 Å². The van der Waals surface area contributed by atoms with Gasteiger partial charge in [-0.05, 0) is 26.0 Å². The number of ether oxygens (including phenoxy) is 1. The number of aliphatic imine (C=N–C) groups is 1. The molecule has 86 valence electrons. The van der Waals surface area contributed by atoms with Gasteiger partial charge in [0.2, 0.25) is 0 Å². The van der Waals surface area contributed by atoms with Crippen molar-refractivity contribution < 1.29 is 13.9 Å². The number of esters is 1. The SMILES string of the molecule is CCOC(=O)CC(C)=Nc1ccccc1F. The molecule has 0 atom stereocenters. The topological polar surface area (TPSA) is 38.7 Å². The van der Waals surface area contributed by atoms with Crippen molar-refractivity contribution >= 4 is 17.4 Å². The van der Waals surface area contributed by atoms with Gasteiger partial charge >= 0.3 is 5.97 Å². The summed E-state index contributed by atoms with van der Waals surface area (Å²) in [5, 5.41) is 0. The third kappa shape index (κ3) is 3.81. The van der Waals surface area contributed by atoms with E-state index >= 15 is 0 Å². The van der Waals surface area contributed by atoms with Crippen molar-refractivity contribution in [3.05, 3.63) is 30.1 Å². The molecule has 0 spiro atoms. The van der Waals surface area contributed by atoms with E-state index in [2.05, 4.69) is 4.99 Å². The maximum Gasteiger partial charge on any atom is 0.311 e. The lowest BCUT2D eigenvalue weighted by Gasteiger charge is -2.02. The second-order valence-corrected chi connectivity index (χ2v) is 3.28. The Labute approximate surface area is 94.0 Å². The molecule has 0 saturated carbocycles. The lowest BCUT2D eigenvalue weighted by Crippen LogP contribution is -2.08. The second-order valence-electron chi connectivity index (χ2n) is 3.28. The maximum absolute atomic E-state index is 13.2. The van der Waals surface area contributed by atoms with Gasteiger partial charge < -0.3 is 4.74 Å². The summed E-state index contributed by atoms with van der Waals surface area (Å²) in [6, 6.07) is 6.18. The summed E-state index contributed by atoms with van der Waals surface area (Å²) in [5.74, 6) is -0.745. The molecule has 0 heterocycles. The van der Waals surface area contributed by atoms with Gasteiger partial charge in [-0.1, -0.05) is 12.1 Å². The molecule has 0 aliphatic heterocycles. The van der Waals surface area contributed by atoms with Gasteiger partial charge in [-0.15, -0.1) is 0 Å². The Balaban J connectivity index is 2.70. The van der Waals surface area contributed by atoms with Crippen molar-refractivity contribution in [2.45, 2.75) is 20.3 Å². The van der Waals surface area contributed by atoms with Crippen molar-refractivity contribution in [2.24, 2.45) is 4.99 Å². The lowest BCUT2D eigenvalue weighted by molar-refractivity contribution is -0.141. The fourth-order valence-electron chi connectivity index (χ4n) is 1.21. The van der Waals surface area contributed by atoms with Gasteiger partial charge in [0.05, 0.1) is 18.7 Å². The summed E-state index contributed by atoms with van der Waals surface area (Å²) in [5.41, 5.74) is 0.771. The summed E-state index contributed by atoms with van der Waals surface area (Å²) in [6.45, 7) is 3.75. The van der Waals surface area contributed by atoms with Crippen LogP contribution in [0.2, 0.25) is 0 Å². The summed E-state index contributed by atoms with van der Waals surface area (Å²) in [6.07, 6.45) is 0.0855. The van der Waals surface area contributed by atoms with Crippen LogP contribution in [-0.2, 0) is 9.53 Å². The highest BCUT2D eigenvalue weighted by Gasteiger charge is 2.05. The zero-order valence-corrected chi connectivity index (χ0v) is 9.37. The highest BCUT2D eigenvalue weighted by atomic mass is 19.1.